The van der Waals surface area contributed by atoms with Crippen molar-refractivity contribution >= 4 is 11.6 Å². The lowest BCUT2D eigenvalue weighted by molar-refractivity contribution is 0.0562. The number of nitrogens with zero attached hydrogens (tertiary/aromatic N) is 1. The van der Waals surface area contributed by atoms with Crippen LogP contribution in [0, 0.1) is 11.7 Å². The topological polar surface area (TPSA) is 15.3 Å². The maximum atomic E-state index is 14.1. The predicted octanol–water partition coefficient (Wildman–Crippen LogP) is 4.08. The second kappa shape index (κ2) is 6.64. The quantitative estimate of drug-likeness (QED) is 0.901. The fourth-order valence-electron chi connectivity index (χ4n) is 3.07. The lowest BCUT2D eigenvalue weighted by atomic mass is 9.90. The monoisotopic (exact) mass is 312 g/mol. The Kier molecular flexibility index (Phi) is 5.29. The van der Waals surface area contributed by atoms with Crippen LogP contribution in [0.1, 0.15) is 39.7 Å². The van der Waals surface area contributed by atoms with E-state index in [2.05, 4.69) is 37.9 Å². The molecule has 0 amide bonds. The van der Waals surface area contributed by atoms with Gasteiger partial charge in [-0.05, 0) is 31.9 Å². The van der Waals surface area contributed by atoms with Crippen LogP contribution in [0.5, 0.6) is 0 Å². The molecule has 1 fully saturated rings. The number of rotatable bonds is 4. The average Bonchev–Trinajstić information content (AvgIpc) is 2.40. The Labute approximate surface area is 132 Å². The Morgan fingerprint density at radius 1 is 1.48 bits per heavy atom. The summed E-state index contributed by atoms with van der Waals surface area (Å²) < 4.78 is 14.1. The Balaban J connectivity index is 2.19. The zero-order valence-corrected chi connectivity index (χ0v) is 14.2. The van der Waals surface area contributed by atoms with Gasteiger partial charge in [0.05, 0.1) is 0 Å². The van der Waals surface area contributed by atoms with Gasteiger partial charge in [-0.3, -0.25) is 4.90 Å². The highest BCUT2D eigenvalue weighted by atomic mass is 35.5. The van der Waals surface area contributed by atoms with E-state index in [-0.39, 0.29) is 11.4 Å². The van der Waals surface area contributed by atoms with E-state index in [0.29, 0.717) is 23.5 Å². The normalized spacial score (nSPS) is 24.0. The van der Waals surface area contributed by atoms with Gasteiger partial charge < -0.3 is 5.32 Å². The summed E-state index contributed by atoms with van der Waals surface area (Å²) in [5.74, 6) is 0.380. The van der Waals surface area contributed by atoms with E-state index >= 15 is 0 Å². The molecule has 2 rings (SSSR count). The molecule has 21 heavy (non-hydrogen) atoms. The van der Waals surface area contributed by atoms with Gasteiger partial charge in [-0.2, -0.15) is 0 Å². The van der Waals surface area contributed by atoms with E-state index in [1.165, 1.54) is 6.07 Å². The van der Waals surface area contributed by atoms with Gasteiger partial charge in [-0.1, -0.05) is 37.9 Å². The third-order valence-electron chi connectivity index (χ3n) is 4.55. The summed E-state index contributed by atoms with van der Waals surface area (Å²) in [7, 11) is 0. The van der Waals surface area contributed by atoms with E-state index in [9.17, 15) is 4.39 Å². The van der Waals surface area contributed by atoms with Crippen molar-refractivity contribution in [1.29, 1.82) is 0 Å². The van der Waals surface area contributed by atoms with Crippen molar-refractivity contribution in [2.75, 3.05) is 13.1 Å². The van der Waals surface area contributed by atoms with Gasteiger partial charge in [0, 0.05) is 41.8 Å². The number of hydrogen-bond donors (Lipinski definition) is 1. The summed E-state index contributed by atoms with van der Waals surface area (Å²) in [6.45, 7) is 11.4. The molecule has 1 saturated heterocycles. The maximum Gasteiger partial charge on any atom is 0.129 e. The SMILES string of the molecule is CCC(C)C1CNC(C)(C)CN1Cc1ccc(Cl)cc1F. The standard InChI is InChI=1S/C17H26ClFN2/c1-5-12(2)16-9-20-17(3,4)11-21(16)10-13-6-7-14(18)8-15(13)19/h6-8,12,16,20H,5,9-11H2,1-4H3. The molecule has 1 aliphatic heterocycles. The van der Waals surface area contributed by atoms with E-state index < -0.39 is 0 Å². The highest BCUT2D eigenvalue weighted by molar-refractivity contribution is 6.30. The van der Waals surface area contributed by atoms with Crippen molar-refractivity contribution in [3.05, 3.63) is 34.6 Å². The third kappa shape index (κ3) is 4.18. The zero-order valence-electron chi connectivity index (χ0n) is 13.4. The Bertz CT molecular complexity index is 490. The third-order valence-corrected chi connectivity index (χ3v) is 4.78. The minimum absolute atomic E-state index is 0.0624. The van der Waals surface area contributed by atoms with Gasteiger partial charge in [0.15, 0.2) is 0 Å². The molecule has 0 bridgehead atoms. The largest absolute Gasteiger partial charge is 0.309 e. The number of hydrogen-bond acceptors (Lipinski definition) is 2. The molecule has 1 aromatic carbocycles. The highest BCUT2D eigenvalue weighted by Crippen LogP contribution is 2.25. The van der Waals surface area contributed by atoms with Crippen LogP contribution in [0.4, 0.5) is 4.39 Å². The summed E-state index contributed by atoms with van der Waals surface area (Å²) in [4.78, 5) is 2.41. The van der Waals surface area contributed by atoms with Crippen LogP contribution in [-0.2, 0) is 6.54 Å². The molecule has 118 valence electrons. The van der Waals surface area contributed by atoms with Gasteiger partial charge in [-0.25, -0.2) is 4.39 Å². The van der Waals surface area contributed by atoms with Crippen molar-refractivity contribution < 1.29 is 4.39 Å². The first-order valence-electron chi connectivity index (χ1n) is 7.75. The summed E-state index contributed by atoms with van der Waals surface area (Å²) in [5.41, 5.74) is 0.790. The van der Waals surface area contributed by atoms with Crippen LogP contribution in [0.15, 0.2) is 18.2 Å². The summed E-state index contributed by atoms with van der Waals surface area (Å²) in [6.07, 6.45) is 1.13. The fraction of sp³-hybridized carbons (Fsp3) is 0.647. The van der Waals surface area contributed by atoms with Crippen molar-refractivity contribution in [2.45, 2.75) is 52.2 Å². The predicted molar refractivity (Wildman–Crippen MR) is 87.1 cm³/mol. The number of piperazine rings is 1. The second-order valence-corrected chi connectivity index (χ2v) is 7.29. The minimum atomic E-state index is -0.207. The molecule has 1 aromatic rings. The summed E-state index contributed by atoms with van der Waals surface area (Å²) >= 11 is 5.84. The smallest absolute Gasteiger partial charge is 0.129 e. The molecule has 1 N–H and O–H groups in total. The van der Waals surface area contributed by atoms with Crippen molar-refractivity contribution in [2.24, 2.45) is 5.92 Å². The second-order valence-electron chi connectivity index (χ2n) is 6.86. The zero-order chi connectivity index (χ0) is 15.6. The molecule has 4 heteroatoms. The van der Waals surface area contributed by atoms with Gasteiger partial charge in [-0.15, -0.1) is 0 Å². The van der Waals surface area contributed by atoms with Crippen LogP contribution in [0.25, 0.3) is 0 Å². The molecular weight excluding hydrogens is 287 g/mol. The first-order valence-corrected chi connectivity index (χ1v) is 8.13. The van der Waals surface area contributed by atoms with Crippen molar-refractivity contribution in [3.63, 3.8) is 0 Å². The van der Waals surface area contributed by atoms with Crippen molar-refractivity contribution in [3.8, 4) is 0 Å². The molecule has 0 radical (unpaired) electrons. The van der Waals surface area contributed by atoms with Gasteiger partial charge in [0.2, 0.25) is 0 Å². The number of halogens is 2. The van der Waals surface area contributed by atoms with Gasteiger partial charge in [0.1, 0.15) is 5.82 Å². The van der Waals surface area contributed by atoms with Crippen LogP contribution < -0.4 is 5.32 Å². The first-order chi connectivity index (χ1) is 9.82. The van der Waals surface area contributed by atoms with E-state index in [0.717, 1.165) is 25.1 Å². The molecule has 2 atom stereocenters. The lowest BCUT2D eigenvalue weighted by Gasteiger charge is -2.47. The Morgan fingerprint density at radius 2 is 2.19 bits per heavy atom. The average molecular weight is 313 g/mol. The molecule has 1 aliphatic rings. The van der Waals surface area contributed by atoms with E-state index in [4.69, 9.17) is 11.6 Å². The van der Waals surface area contributed by atoms with Crippen LogP contribution in [0.3, 0.4) is 0 Å². The maximum absolute atomic E-state index is 14.1. The van der Waals surface area contributed by atoms with Crippen LogP contribution >= 0.6 is 11.6 Å². The van der Waals surface area contributed by atoms with E-state index in [1.807, 2.05) is 0 Å². The molecule has 0 saturated carbocycles. The van der Waals surface area contributed by atoms with Crippen LogP contribution in [-0.4, -0.2) is 29.6 Å². The van der Waals surface area contributed by atoms with Gasteiger partial charge >= 0.3 is 0 Å². The van der Waals surface area contributed by atoms with E-state index in [1.54, 1.807) is 12.1 Å². The Hall–Kier alpha value is -0.640. The summed E-state index contributed by atoms with van der Waals surface area (Å²) in [5, 5.41) is 4.06. The molecule has 0 aromatic heterocycles. The first kappa shape index (κ1) is 16.7. The molecule has 0 spiro atoms. The molecule has 1 heterocycles. The summed E-state index contributed by atoms with van der Waals surface area (Å²) in [6, 6.07) is 5.42. The number of benzene rings is 1. The molecule has 2 unspecified atom stereocenters. The minimum Gasteiger partial charge on any atom is -0.309 e. The lowest BCUT2D eigenvalue weighted by Crippen LogP contribution is -2.62. The molecule has 0 aliphatic carbocycles. The van der Waals surface area contributed by atoms with Crippen LogP contribution in [0.2, 0.25) is 5.02 Å². The van der Waals surface area contributed by atoms with Crippen molar-refractivity contribution in [1.82, 2.24) is 10.2 Å². The highest BCUT2D eigenvalue weighted by Gasteiger charge is 2.34. The molecule has 2 nitrogen and oxygen atoms in total. The molecular formula is C17H26ClFN2. The fourth-order valence-corrected chi connectivity index (χ4v) is 3.22. The van der Waals surface area contributed by atoms with Gasteiger partial charge in [0.25, 0.3) is 0 Å². The Morgan fingerprint density at radius 3 is 2.81 bits per heavy atom. The number of nitrogens with one attached hydrogen (secondary N) is 1.